The number of aliphatic carboxylic acids is 1. The van der Waals surface area contributed by atoms with Gasteiger partial charge in [0.1, 0.15) is 5.75 Å². The van der Waals surface area contributed by atoms with E-state index in [0.29, 0.717) is 29.4 Å². The lowest BCUT2D eigenvalue weighted by Gasteiger charge is -2.28. The van der Waals surface area contributed by atoms with Gasteiger partial charge in [0, 0.05) is 11.5 Å². The summed E-state index contributed by atoms with van der Waals surface area (Å²) in [5.74, 6) is -1.20. The molecule has 0 saturated heterocycles. The fourth-order valence-corrected chi connectivity index (χ4v) is 2.15. The molecule has 1 aliphatic heterocycles. The highest BCUT2D eigenvalue weighted by Crippen LogP contribution is 2.40. The van der Waals surface area contributed by atoms with E-state index in [9.17, 15) is 9.90 Å². The molecule has 0 saturated carbocycles. The Bertz CT molecular complexity index is 418. The summed E-state index contributed by atoms with van der Waals surface area (Å²) >= 11 is 5.94. The molecule has 1 aromatic rings. The van der Waals surface area contributed by atoms with E-state index < -0.39 is 18.0 Å². The summed E-state index contributed by atoms with van der Waals surface area (Å²) in [5.41, 5.74) is 0.661. The number of carbonyl (C=O) groups is 1. The highest BCUT2D eigenvalue weighted by Gasteiger charge is 2.32. The molecule has 0 bridgehead atoms. The van der Waals surface area contributed by atoms with Crippen LogP contribution < -0.4 is 4.74 Å². The van der Waals surface area contributed by atoms with Gasteiger partial charge in [-0.2, -0.15) is 0 Å². The number of hydrogen-bond donors (Lipinski definition) is 2. The molecule has 2 unspecified atom stereocenters. The second kappa shape index (κ2) is 4.31. The van der Waals surface area contributed by atoms with Gasteiger partial charge in [-0.3, -0.25) is 0 Å². The third-order valence-corrected chi connectivity index (χ3v) is 3.00. The first-order chi connectivity index (χ1) is 7.61. The van der Waals surface area contributed by atoms with E-state index in [1.807, 2.05) is 0 Å². The fourth-order valence-electron chi connectivity index (χ4n) is 1.91. The van der Waals surface area contributed by atoms with Gasteiger partial charge in [0.05, 0.1) is 11.6 Å². The number of benzene rings is 1. The zero-order valence-corrected chi connectivity index (χ0v) is 9.15. The first-order valence-electron chi connectivity index (χ1n) is 4.93. The van der Waals surface area contributed by atoms with Crippen LogP contribution in [0, 0.1) is 0 Å². The number of rotatable bonds is 2. The summed E-state index contributed by atoms with van der Waals surface area (Å²) in [6.45, 7) is 0.367. The topological polar surface area (TPSA) is 66.8 Å². The Labute approximate surface area is 97.4 Å². The summed E-state index contributed by atoms with van der Waals surface area (Å²) in [6.07, 6.45) is -0.943. The standard InChI is InChI=1S/C11H11ClO4/c12-8-3-1-2-7-6(9(13)11(14)15)4-5-16-10(7)8/h1-3,6,9,13H,4-5H2,(H,14,15). The number of para-hydroxylation sites is 1. The Morgan fingerprint density at radius 3 is 3.00 bits per heavy atom. The number of halogens is 1. The average molecular weight is 243 g/mol. The molecule has 5 heteroatoms. The van der Waals surface area contributed by atoms with E-state index in [2.05, 4.69) is 0 Å². The lowest BCUT2D eigenvalue weighted by Crippen LogP contribution is -2.31. The van der Waals surface area contributed by atoms with Crippen molar-refractivity contribution in [3.63, 3.8) is 0 Å². The van der Waals surface area contributed by atoms with Crippen LogP contribution in [0.2, 0.25) is 5.02 Å². The highest BCUT2D eigenvalue weighted by atomic mass is 35.5. The summed E-state index contributed by atoms with van der Waals surface area (Å²) in [7, 11) is 0. The van der Waals surface area contributed by atoms with Gasteiger partial charge >= 0.3 is 5.97 Å². The molecule has 0 radical (unpaired) electrons. The molecule has 1 aromatic carbocycles. The monoisotopic (exact) mass is 242 g/mol. The van der Waals surface area contributed by atoms with Crippen LogP contribution in [0.5, 0.6) is 5.75 Å². The van der Waals surface area contributed by atoms with Crippen LogP contribution in [0.25, 0.3) is 0 Å². The molecule has 0 amide bonds. The summed E-state index contributed by atoms with van der Waals surface area (Å²) in [6, 6.07) is 5.13. The van der Waals surface area contributed by atoms with E-state index in [1.54, 1.807) is 18.2 Å². The van der Waals surface area contributed by atoms with Gasteiger partial charge in [0.15, 0.2) is 6.10 Å². The molecular weight excluding hydrogens is 232 g/mol. The molecular formula is C11H11ClO4. The SMILES string of the molecule is O=C(O)C(O)C1CCOc2c(Cl)cccc21. The number of ether oxygens (including phenoxy) is 1. The molecule has 0 aliphatic carbocycles. The summed E-state index contributed by atoms with van der Waals surface area (Å²) < 4.78 is 5.38. The molecule has 4 nitrogen and oxygen atoms in total. The molecule has 2 rings (SSSR count). The van der Waals surface area contributed by atoms with Crippen molar-refractivity contribution >= 4 is 17.6 Å². The zero-order chi connectivity index (χ0) is 11.7. The van der Waals surface area contributed by atoms with E-state index in [-0.39, 0.29) is 0 Å². The van der Waals surface area contributed by atoms with Crippen molar-refractivity contribution in [2.45, 2.75) is 18.4 Å². The van der Waals surface area contributed by atoms with Gasteiger partial charge in [-0.25, -0.2) is 4.79 Å². The minimum Gasteiger partial charge on any atom is -0.492 e. The average Bonchev–Trinajstić information content (AvgIpc) is 2.28. The lowest BCUT2D eigenvalue weighted by molar-refractivity contribution is -0.148. The van der Waals surface area contributed by atoms with Crippen molar-refractivity contribution in [2.24, 2.45) is 0 Å². The number of aliphatic hydroxyl groups excluding tert-OH is 1. The van der Waals surface area contributed by atoms with Crippen LogP contribution in [0.1, 0.15) is 17.9 Å². The number of fused-ring (bicyclic) bond motifs is 1. The maximum absolute atomic E-state index is 10.8. The summed E-state index contributed by atoms with van der Waals surface area (Å²) in [4.78, 5) is 10.8. The van der Waals surface area contributed by atoms with E-state index >= 15 is 0 Å². The Balaban J connectivity index is 2.40. The predicted molar refractivity (Wildman–Crippen MR) is 57.9 cm³/mol. The van der Waals surface area contributed by atoms with Crippen molar-refractivity contribution in [2.75, 3.05) is 6.61 Å². The van der Waals surface area contributed by atoms with E-state index in [0.717, 1.165) is 0 Å². The lowest BCUT2D eigenvalue weighted by atomic mass is 9.88. The van der Waals surface area contributed by atoms with Gasteiger partial charge in [0.25, 0.3) is 0 Å². The number of carboxylic acid groups (broad SMARTS) is 1. The third-order valence-electron chi connectivity index (χ3n) is 2.71. The first-order valence-corrected chi connectivity index (χ1v) is 5.31. The van der Waals surface area contributed by atoms with E-state index in [4.69, 9.17) is 21.4 Å². The third kappa shape index (κ3) is 1.86. The van der Waals surface area contributed by atoms with Crippen LogP contribution in [0.3, 0.4) is 0 Å². The zero-order valence-electron chi connectivity index (χ0n) is 8.39. The van der Waals surface area contributed by atoms with Crippen molar-refractivity contribution in [1.29, 1.82) is 0 Å². The maximum Gasteiger partial charge on any atom is 0.333 e. The van der Waals surface area contributed by atoms with Crippen molar-refractivity contribution in [1.82, 2.24) is 0 Å². The van der Waals surface area contributed by atoms with Crippen LogP contribution in [-0.4, -0.2) is 28.9 Å². The normalized spacial score (nSPS) is 20.8. The Morgan fingerprint density at radius 1 is 1.56 bits per heavy atom. The van der Waals surface area contributed by atoms with Crippen LogP contribution in [-0.2, 0) is 4.79 Å². The molecule has 16 heavy (non-hydrogen) atoms. The fraction of sp³-hybridized carbons (Fsp3) is 0.364. The smallest absolute Gasteiger partial charge is 0.333 e. The van der Waals surface area contributed by atoms with E-state index in [1.165, 1.54) is 0 Å². The maximum atomic E-state index is 10.8. The van der Waals surface area contributed by atoms with Crippen LogP contribution in [0.15, 0.2) is 18.2 Å². The predicted octanol–water partition coefficient (Wildman–Crippen LogP) is 1.65. The highest BCUT2D eigenvalue weighted by molar-refractivity contribution is 6.32. The van der Waals surface area contributed by atoms with Gasteiger partial charge in [0.2, 0.25) is 0 Å². The number of aliphatic hydroxyl groups is 1. The number of hydrogen-bond acceptors (Lipinski definition) is 3. The molecule has 0 fully saturated rings. The molecule has 86 valence electrons. The Kier molecular flexibility index (Phi) is 3.03. The first kappa shape index (κ1) is 11.2. The minimum absolute atomic E-state index is 0.367. The van der Waals surface area contributed by atoms with Crippen molar-refractivity contribution in [3.05, 3.63) is 28.8 Å². The van der Waals surface area contributed by atoms with Gasteiger partial charge < -0.3 is 14.9 Å². The molecule has 2 atom stereocenters. The minimum atomic E-state index is -1.42. The second-order valence-electron chi connectivity index (χ2n) is 3.68. The van der Waals surface area contributed by atoms with Crippen molar-refractivity contribution < 1.29 is 19.7 Å². The number of carboxylic acids is 1. The molecule has 1 heterocycles. The molecule has 1 aliphatic rings. The van der Waals surface area contributed by atoms with Gasteiger partial charge in [-0.05, 0) is 12.5 Å². The van der Waals surface area contributed by atoms with Gasteiger partial charge in [-0.1, -0.05) is 23.7 Å². The molecule has 2 N–H and O–H groups in total. The Morgan fingerprint density at radius 2 is 2.31 bits per heavy atom. The largest absolute Gasteiger partial charge is 0.492 e. The van der Waals surface area contributed by atoms with Gasteiger partial charge in [-0.15, -0.1) is 0 Å². The van der Waals surface area contributed by atoms with Crippen LogP contribution in [0.4, 0.5) is 0 Å². The second-order valence-corrected chi connectivity index (χ2v) is 4.09. The van der Waals surface area contributed by atoms with Crippen molar-refractivity contribution in [3.8, 4) is 5.75 Å². The van der Waals surface area contributed by atoms with Crippen LogP contribution >= 0.6 is 11.6 Å². The quantitative estimate of drug-likeness (QED) is 0.828. The molecule has 0 aromatic heterocycles. The summed E-state index contributed by atoms with van der Waals surface area (Å²) in [5, 5.41) is 18.8. The molecule has 0 spiro atoms. The Hall–Kier alpha value is -1.26.